The molecular formula is C10H12N6O3. The van der Waals surface area contributed by atoms with E-state index in [9.17, 15) is 10.1 Å². The van der Waals surface area contributed by atoms with Crippen molar-refractivity contribution in [2.24, 2.45) is 7.05 Å². The van der Waals surface area contributed by atoms with Crippen molar-refractivity contribution in [1.82, 2.24) is 19.7 Å². The Morgan fingerprint density at radius 3 is 2.74 bits per heavy atom. The molecule has 2 aromatic heterocycles. The minimum absolute atomic E-state index is 0.0629. The molecule has 0 bridgehead atoms. The molecule has 0 unspecified atom stereocenters. The Kier molecular flexibility index (Phi) is 3.27. The second kappa shape index (κ2) is 4.88. The molecule has 0 spiro atoms. The van der Waals surface area contributed by atoms with Gasteiger partial charge in [-0.15, -0.1) is 0 Å². The molecular weight excluding hydrogens is 252 g/mol. The summed E-state index contributed by atoms with van der Waals surface area (Å²) in [4.78, 5) is 18.1. The molecule has 2 heterocycles. The molecule has 0 saturated carbocycles. The molecule has 19 heavy (non-hydrogen) atoms. The molecule has 0 saturated heterocycles. The number of aryl methyl sites for hydroxylation is 2. The van der Waals surface area contributed by atoms with E-state index in [1.54, 1.807) is 24.9 Å². The Bertz CT molecular complexity index is 624. The van der Waals surface area contributed by atoms with Gasteiger partial charge in [0.2, 0.25) is 5.82 Å². The third-order valence-electron chi connectivity index (χ3n) is 2.43. The number of hydrogen-bond acceptors (Lipinski definition) is 7. The van der Waals surface area contributed by atoms with Gasteiger partial charge in [0.15, 0.2) is 0 Å². The predicted molar refractivity (Wildman–Crippen MR) is 66.5 cm³/mol. The van der Waals surface area contributed by atoms with Crippen molar-refractivity contribution in [1.29, 1.82) is 0 Å². The van der Waals surface area contributed by atoms with Gasteiger partial charge in [0.1, 0.15) is 6.33 Å². The SMILES string of the molecule is COc1ncnc(Nc2cn(C)nc2C)c1[N+](=O)[O-]. The molecule has 1 N–H and O–H groups in total. The van der Waals surface area contributed by atoms with Crippen LogP contribution in [0.3, 0.4) is 0 Å². The number of nitrogens with zero attached hydrogens (tertiary/aromatic N) is 5. The lowest BCUT2D eigenvalue weighted by Crippen LogP contribution is -2.03. The van der Waals surface area contributed by atoms with Crippen molar-refractivity contribution in [3.8, 4) is 5.88 Å². The van der Waals surface area contributed by atoms with Crippen LogP contribution in [0, 0.1) is 17.0 Å². The van der Waals surface area contributed by atoms with Gasteiger partial charge in [-0.1, -0.05) is 0 Å². The summed E-state index contributed by atoms with van der Waals surface area (Å²) in [6, 6.07) is 0. The maximum absolute atomic E-state index is 11.1. The zero-order valence-corrected chi connectivity index (χ0v) is 10.6. The zero-order chi connectivity index (χ0) is 14.0. The second-order valence-corrected chi connectivity index (χ2v) is 3.76. The van der Waals surface area contributed by atoms with Crippen LogP contribution in [0.1, 0.15) is 5.69 Å². The van der Waals surface area contributed by atoms with Crippen molar-refractivity contribution < 1.29 is 9.66 Å². The maximum atomic E-state index is 11.1. The first kappa shape index (κ1) is 12.7. The zero-order valence-electron chi connectivity index (χ0n) is 10.6. The summed E-state index contributed by atoms with van der Waals surface area (Å²) in [6.07, 6.45) is 2.90. The highest BCUT2D eigenvalue weighted by molar-refractivity contribution is 5.69. The Labute approximate surface area is 108 Å². The summed E-state index contributed by atoms with van der Waals surface area (Å²) < 4.78 is 6.47. The molecule has 100 valence electrons. The van der Waals surface area contributed by atoms with Crippen molar-refractivity contribution in [3.05, 3.63) is 28.3 Å². The van der Waals surface area contributed by atoms with Gasteiger partial charge < -0.3 is 10.1 Å². The van der Waals surface area contributed by atoms with E-state index in [0.29, 0.717) is 11.4 Å². The lowest BCUT2D eigenvalue weighted by atomic mass is 10.3. The standard InChI is InChI=1S/C10H12N6O3/c1-6-7(4-15(2)14-6)13-9-8(16(17)18)10(19-3)12-5-11-9/h4-5H,1-3H3,(H,11,12,13). The summed E-state index contributed by atoms with van der Waals surface area (Å²) in [5.41, 5.74) is 1.02. The van der Waals surface area contributed by atoms with Gasteiger partial charge in [0.25, 0.3) is 5.88 Å². The van der Waals surface area contributed by atoms with Crippen molar-refractivity contribution in [2.45, 2.75) is 6.92 Å². The Morgan fingerprint density at radius 1 is 1.47 bits per heavy atom. The van der Waals surface area contributed by atoms with Gasteiger partial charge in [-0.05, 0) is 6.92 Å². The van der Waals surface area contributed by atoms with Crippen molar-refractivity contribution >= 4 is 17.2 Å². The topological polar surface area (TPSA) is 108 Å². The predicted octanol–water partition coefficient (Wildman–Crippen LogP) is 1.18. The lowest BCUT2D eigenvalue weighted by Gasteiger charge is -2.06. The van der Waals surface area contributed by atoms with Crippen LogP contribution in [0.4, 0.5) is 17.2 Å². The molecule has 0 atom stereocenters. The van der Waals surface area contributed by atoms with Crippen molar-refractivity contribution in [2.75, 3.05) is 12.4 Å². The molecule has 0 aliphatic heterocycles. The molecule has 0 radical (unpaired) electrons. The minimum atomic E-state index is -0.590. The summed E-state index contributed by atoms with van der Waals surface area (Å²) in [7, 11) is 3.07. The van der Waals surface area contributed by atoms with Gasteiger partial charge in [0.05, 0.1) is 23.4 Å². The van der Waals surface area contributed by atoms with E-state index in [1.807, 2.05) is 0 Å². The van der Waals surface area contributed by atoms with E-state index in [-0.39, 0.29) is 17.4 Å². The van der Waals surface area contributed by atoms with E-state index in [1.165, 1.54) is 13.4 Å². The number of hydrogen-bond donors (Lipinski definition) is 1. The van der Waals surface area contributed by atoms with E-state index in [0.717, 1.165) is 0 Å². The molecule has 2 rings (SSSR count). The van der Waals surface area contributed by atoms with Crippen LogP contribution in [-0.4, -0.2) is 31.8 Å². The van der Waals surface area contributed by atoms with Crippen LogP contribution in [0.15, 0.2) is 12.5 Å². The van der Waals surface area contributed by atoms with E-state index in [4.69, 9.17) is 4.74 Å². The van der Waals surface area contributed by atoms with Gasteiger partial charge in [-0.3, -0.25) is 14.8 Å². The third-order valence-corrected chi connectivity index (χ3v) is 2.43. The van der Waals surface area contributed by atoms with E-state index in [2.05, 4.69) is 20.4 Å². The fourth-order valence-electron chi connectivity index (χ4n) is 1.62. The van der Waals surface area contributed by atoms with Crippen LogP contribution < -0.4 is 10.1 Å². The molecule has 0 fully saturated rings. The molecule has 0 aromatic carbocycles. The quantitative estimate of drug-likeness (QED) is 0.652. The van der Waals surface area contributed by atoms with Gasteiger partial charge in [0, 0.05) is 13.2 Å². The highest BCUT2D eigenvalue weighted by Gasteiger charge is 2.24. The normalized spacial score (nSPS) is 10.3. The van der Waals surface area contributed by atoms with Crippen LogP contribution in [0.5, 0.6) is 5.88 Å². The van der Waals surface area contributed by atoms with E-state index < -0.39 is 4.92 Å². The van der Waals surface area contributed by atoms with Crippen molar-refractivity contribution in [3.63, 3.8) is 0 Å². The van der Waals surface area contributed by atoms with Gasteiger partial charge in [-0.2, -0.15) is 10.1 Å². The van der Waals surface area contributed by atoms with Crippen LogP contribution in [0.2, 0.25) is 0 Å². The van der Waals surface area contributed by atoms with Crippen LogP contribution in [-0.2, 0) is 7.05 Å². The first-order valence-electron chi connectivity index (χ1n) is 5.33. The number of nitro groups is 1. The smallest absolute Gasteiger partial charge is 0.373 e. The average Bonchev–Trinajstić information content (AvgIpc) is 2.67. The van der Waals surface area contributed by atoms with Gasteiger partial charge in [-0.25, -0.2) is 4.98 Å². The van der Waals surface area contributed by atoms with Crippen LogP contribution >= 0.6 is 0 Å². The third kappa shape index (κ3) is 2.44. The molecule has 9 heteroatoms. The molecule has 0 aliphatic rings. The molecule has 0 amide bonds. The number of nitrogens with one attached hydrogen (secondary N) is 1. The average molecular weight is 264 g/mol. The number of rotatable bonds is 4. The highest BCUT2D eigenvalue weighted by atomic mass is 16.6. The Hall–Kier alpha value is -2.71. The first-order valence-corrected chi connectivity index (χ1v) is 5.33. The van der Waals surface area contributed by atoms with Crippen LogP contribution in [0.25, 0.3) is 0 Å². The fourth-order valence-corrected chi connectivity index (χ4v) is 1.62. The summed E-state index contributed by atoms with van der Waals surface area (Å²) in [6.45, 7) is 1.78. The summed E-state index contributed by atoms with van der Waals surface area (Å²) >= 11 is 0. The maximum Gasteiger partial charge on any atom is 0.373 e. The molecule has 2 aromatic rings. The summed E-state index contributed by atoms with van der Waals surface area (Å²) in [5, 5.41) is 18.1. The number of ether oxygens (including phenoxy) is 1. The first-order chi connectivity index (χ1) is 9.02. The number of aromatic nitrogens is 4. The largest absolute Gasteiger partial charge is 0.476 e. The molecule has 0 aliphatic carbocycles. The second-order valence-electron chi connectivity index (χ2n) is 3.76. The highest BCUT2D eigenvalue weighted by Crippen LogP contribution is 2.32. The number of methoxy groups -OCH3 is 1. The number of anilines is 2. The fraction of sp³-hybridized carbons (Fsp3) is 0.300. The Morgan fingerprint density at radius 2 is 2.21 bits per heavy atom. The lowest BCUT2D eigenvalue weighted by molar-refractivity contribution is -0.385. The minimum Gasteiger partial charge on any atom is -0.476 e. The van der Waals surface area contributed by atoms with E-state index >= 15 is 0 Å². The van der Waals surface area contributed by atoms with Gasteiger partial charge >= 0.3 is 5.69 Å². The monoisotopic (exact) mass is 264 g/mol. The Balaban J connectivity index is 2.45. The molecule has 9 nitrogen and oxygen atoms in total. The summed E-state index contributed by atoms with van der Waals surface area (Å²) in [5.74, 6) is -0.0306.